The van der Waals surface area contributed by atoms with E-state index >= 15 is 0 Å². The molecule has 3 nitrogen and oxygen atoms in total. The molecule has 1 amide bonds. The van der Waals surface area contributed by atoms with Gasteiger partial charge in [0.15, 0.2) is 0 Å². The Bertz CT molecular complexity index is 609. The first kappa shape index (κ1) is 17.1. The van der Waals surface area contributed by atoms with Gasteiger partial charge in [-0.2, -0.15) is 11.3 Å². The molecule has 0 radical (unpaired) electrons. The highest BCUT2D eigenvalue weighted by Crippen LogP contribution is 2.22. The van der Waals surface area contributed by atoms with Crippen molar-refractivity contribution in [2.45, 2.75) is 30.8 Å². The molecule has 0 aliphatic rings. The molecule has 5 heteroatoms. The van der Waals surface area contributed by atoms with Crippen molar-refractivity contribution in [2.24, 2.45) is 0 Å². The molecule has 1 aromatic heterocycles. The second-order valence-corrected chi connectivity index (χ2v) is 7.50. The summed E-state index contributed by atoms with van der Waals surface area (Å²) in [5, 5.41) is 17.3. The first-order valence-corrected chi connectivity index (χ1v) is 9.18. The van der Waals surface area contributed by atoms with E-state index in [1.54, 1.807) is 30.0 Å². The largest absolute Gasteiger partial charge is 0.388 e. The van der Waals surface area contributed by atoms with Crippen LogP contribution >= 0.6 is 23.1 Å². The smallest absolute Gasteiger partial charge is 0.252 e. The minimum Gasteiger partial charge on any atom is -0.388 e. The van der Waals surface area contributed by atoms with Crippen LogP contribution in [-0.2, 0) is 6.42 Å². The number of hydrogen-bond acceptors (Lipinski definition) is 4. The third kappa shape index (κ3) is 4.87. The summed E-state index contributed by atoms with van der Waals surface area (Å²) >= 11 is 3.25. The SMILES string of the molecule is CCSc1ccccc1C(=O)NCC(C)(O)Cc1ccsc1. The van der Waals surface area contributed by atoms with E-state index in [1.165, 1.54) is 0 Å². The van der Waals surface area contributed by atoms with Crippen LogP contribution in [0.4, 0.5) is 0 Å². The van der Waals surface area contributed by atoms with Gasteiger partial charge >= 0.3 is 0 Å². The number of carbonyl (C=O) groups is 1. The van der Waals surface area contributed by atoms with E-state index in [0.29, 0.717) is 12.0 Å². The van der Waals surface area contributed by atoms with E-state index in [-0.39, 0.29) is 12.5 Å². The molecule has 1 heterocycles. The Labute approximate surface area is 139 Å². The van der Waals surface area contributed by atoms with Gasteiger partial charge in [0.1, 0.15) is 0 Å². The van der Waals surface area contributed by atoms with Crippen molar-refractivity contribution >= 4 is 29.0 Å². The highest BCUT2D eigenvalue weighted by Gasteiger charge is 2.23. The number of aliphatic hydroxyl groups is 1. The van der Waals surface area contributed by atoms with Gasteiger partial charge in [0, 0.05) is 17.9 Å². The normalized spacial score (nSPS) is 13.6. The van der Waals surface area contributed by atoms with E-state index in [4.69, 9.17) is 0 Å². The van der Waals surface area contributed by atoms with Gasteiger partial charge in [-0.3, -0.25) is 4.79 Å². The van der Waals surface area contributed by atoms with Crippen LogP contribution in [0, 0.1) is 0 Å². The lowest BCUT2D eigenvalue weighted by atomic mass is 9.98. The molecule has 2 N–H and O–H groups in total. The first-order chi connectivity index (χ1) is 10.5. The summed E-state index contributed by atoms with van der Waals surface area (Å²) in [7, 11) is 0. The number of thioether (sulfide) groups is 1. The molecule has 0 spiro atoms. The Morgan fingerprint density at radius 3 is 2.82 bits per heavy atom. The lowest BCUT2D eigenvalue weighted by molar-refractivity contribution is 0.0552. The predicted molar refractivity (Wildman–Crippen MR) is 93.8 cm³/mol. The second-order valence-electron chi connectivity index (χ2n) is 5.42. The molecule has 1 unspecified atom stereocenters. The predicted octanol–water partition coefficient (Wildman–Crippen LogP) is 3.58. The quantitative estimate of drug-likeness (QED) is 0.760. The average Bonchev–Trinajstić information content (AvgIpc) is 2.98. The fraction of sp³-hybridized carbons (Fsp3) is 0.353. The van der Waals surface area contributed by atoms with Crippen molar-refractivity contribution in [1.29, 1.82) is 0 Å². The van der Waals surface area contributed by atoms with E-state index in [9.17, 15) is 9.90 Å². The van der Waals surface area contributed by atoms with Gasteiger partial charge < -0.3 is 10.4 Å². The minimum absolute atomic E-state index is 0.137. The molecule has 0 bridgehead atoms. The van der Waals surface area contributed by atoms with E-state index in [2.05, 4.69) is 12.2 Å². The Hall–Kier alpha value is -1.30. The zero-order chi connectivity index (χ0) is 16.0. The zero-order valence-corrected chi connectivity index (χ0v) is 14.5. The number of benzene rings is 1. The fourth-order valence-electron chi connectivity index (χ4n) is 2.20. The molecule has 118 valence electrons. The minimum atomic E-state index is -0.955. The number of amides is 1. The number of nitrogens with one attached hydrogen (secondary N) is 1. The number of carbonyl (C=O) groups excluding carboxylic acids is 1. The van der Waals surface area contributed by atoms with Gasteiger partial charge in [-0.25, -0.2) is 0 Å². The van der Waals surface area contributed by atoms with Crippen LogP contribution in [0.3, 0.4) is 0 Å². The van der Waals surface area contributed by atoms with Gasteiger partial charge in [0.25, 0.3) is 5.91 Å². The van der Waals surface area contributed by atoms with Gasteiger partial charge in [0.2, 0.25) is 0 Å². The standard InChI is InChI=1S/C17H21NO2S2/c1-3-22-15-7-5-4-6-14(15)16(19)18-12-17(2,20)10-13-8-9-21-11-13/h4-9,11,20H,3,10,12H2,1-2H3,(H,18,19). The molecule has 0 aliphatic heterocycles. The molecule has 1 aromatic carbocycles. The van der Waals surface area contributed by atoms with Gasteiger partial charge in [0.05, 0.1) is 11.2 Å². The second kappa shape index (κ2) is 7.81. The monoisotopic (exact) mass is 335 g/mol. The van der Waals surface area contributed by atoms with Crippen molar-refractivity contribution < 1.29 is 9.90 Å². The summed E-state index contributed by atoms with van der Waals surface area (Å²) in [5.74, 6) is 0.780. The highest BCUT2D eigenvalue weighted by atomic mass is 32.2. The average molecular weight is 335 g/mol. The van der Waals surface area contributed by atoms with Crippen LogP contribution in [-0.4, -0.2) is 28.9 Å². The van der Waals surface area contributed by atoms with E-state index < -0.39 is 5.60 Å². The Kier molecular flexibility index (Phi) is 6.06. The Morgan fingerprint density at radius 1 is 1.36 bits per heavy atom. The summed E-state index contributed by atoms with van der Waals surface area (Å²) in [6, 6.07) is 9.56. The maximum atomic E-state index is 12.4. The molecule has 0 saturated heterocycles. The number of hydrogen-bond donors (Lipinski definition) is 2. The topological polar surface area (TPSA) is 49.3 Å². The fourth-order valence-corrected chi connectivity index (χ4v) is 3.67. The van der Waals surface area contributed by atoms with Crippen LogP contribution in [0.25, 0.3) is 0 Å². The molecule has 0 fully saturated rings. The third-order valence-corrected chi connectivity index (χ3v) is 4.91. The number of thiophene rings is 1. The summed E-state index contributed by atoms with van der Waals surface area (Å²) < 4.78 is 0. The summed E-state index contributed by atoms with van der Waals surface area (Å²) in [4.78, 5) is 13.3. The van der Waals surface area contributed by atoms with Gasteiger partial charge in [-0.1, -0.05) is 19.1 Å². The maximum Gasteiger partial charge on any atom is 0.252 e. The van der Waals surface area contributed by atoms with Crippen molar-refractivity contribution in [3.05, 3.63) is 52.2 Å². The maximum absolute atomic E-state index is 12.4. The number of rotatable bonds is 7. The van der Waals surface area contributed by atoms with Crippen LogP contribution in [0.2, 0.25) is 0 Å². The van der Waals surface area contributed by atoms with Crippen molar-refractivity contribution in [2.75, 3.05) is 12.3 Å². The van der Waals surface area contributed by atoms with Crippen LogP contribution in [0.15, 0.2) is 46.0 Å². The zero-order valence-electron chi connectivity index (χ0n) is 12.8. The molecular formula is C17H21NO2S2. The van der Waals surface area contributed by atoms with Crippen molar-refractivity contribution in [1.82, 2.24) is 5.32 Å². The Morgan fingerprint density at radius 2 is 2.14 bits per heavy atom. The van der Waals surface area contributed by atoms with Crippen molar-refractivity contribution in [3.8, 4) is 0 Å². The van der Waals surface area contributed by atoms with Gasteiger partial charge in [-0.15, -0.1) is 11.8 Å². The molecule has 0 aliphatic carbocycles. The van der Waals surface area contributed by atoms with E-state index in [0.717, 1.165) is 16.2 Å². The van der Waals surface area contributed by atoms with Gasteiger partial charge in [-0.05, 0) is 47.2 Å². The molecule has 0 saturated carbocycles. The van der Waals surface area contributed by atoms with Crippen LogP contribution in [0.1, 0.15) is 29.8 Å². The van der Waals surface area contributed by atoms with Crippen LogP contribution in [0.5, 0.6) is 0 Å². The van der Waals surface area contributed by atoms with E-state index in [1.807, 2.05) is 41.1 Å². The summed E-state index contributed by atoms with van der Waals surface area (Å²) in [6.45, 7) is 4.04. The first-order valence-electron chi connectivity index (χ1n) is 7.25. The molecule has 1 atom stereocenters. The molecule has 2 rings (SSSR count). The summed E-state index contributed by atoms with van der Waals surface area (Å²) in [6.07, 6.45) is 0.530. The highest BCUT2D eigenvalue weighted by molar-refractivity contribution is 7.99. The molecule has 22 heavy (non-hydrogen) atoms. The third-order valence-electron chi connectivity index (χ3n) is 3.23. The lowest BCUT2D eigenvalue weighted by Gasteiger charge is -2.23. The Balaban J connectivity index is 1.97. The molecular weight excluding hydrogens is 314 g/mol. The van der Waals surface area contributed by atoms with Crippen molar-refractivity contribution in [3.63, 3.8) is 0 Å². The molecule has 2 aromatic rings. The van der Waals surface area contributed by atoms with Crippen LogP contribution < -0.4 is 5.32 Å². The summed E-state index contributed by atoms with van der Waals surface area (Å²) in [5.41, 5.74) is 0.802. The lowest BCUT2D eigenvalue weighted by Crippen LogP contribution is -2.42.